The average molecular weight is 418 g/mol. The van der Waals surface area contributed by atoms with Gasteiger partial charge in [0.15, 0.2) is 6.10 Å². The van der Waals surface area contributed by atoms with Crippen LogP contribution in [0.2, 0.25) is 0 Å². The van der Waals surface area contributed by atoms with Crippen LogP contribution in [0, 0.1) is 6.92 Å². The molecule has 0 aliphatic carbocycles. The number of carbonyl (C=O) groups is 2. The van der Waals surface area contributed by atoms with Crippen molar-refractivity contribution in [3.05, 3.63) is 101 Å². The molecule has 5 nitrogen and oxygen atoms in total. The normalized spacial score (nSPS) is 12.2. The summed E-state index contributed by atoms with van der Waals surface area (Å²) in [6.45, 7) is 4.64. The molecule has 2 aromatic carbocycles. The lowest BCUT2D eigenvalue weighted by atomic mass is 10.1. The van der Waals surface area contributed by atoms with E-state index in [-0.39, 0.29) is 12.4 Å². The molecule has 1 heterocycles. The number of benzene rings is 2. The van der Waals surface area contributed by atoms with Gasteiger partial charge in [-0.2, -0.15) is 0 Å². The van der Waals surface area contributed by atoms with Crippen molar-refractivity contribution in [3.8, 4) is 0 Å². The average Bonchev–Trinajstić information content (AvgIpc) is 3.23. The number of carboxylic acids is 1. The number of nitrogens with zero attached hydrogens (tertiary/aromatic N) is 1. The SMILES string of the molecule is CCC(OCc1ccc(/C=C/Cn2cccc2C(=O)c2ccc(C)cc2)cc1)C(=O)O. The Kier molecular flexibility index (Phi) is 7.57. The van der Waals surface area contributed by atoms with Crippen molar-refractivity contribution in [2.45, 2.75) is 39.5 Å². The summed E-state index contributed by atoms with van der Waals surface area (Å²) in [6.07, 6.45) is 5.56. The molecule has 0 amide bonds. The minimum Gasteiger partial charge on any atom is -0.479 e. The topological polar surface area (TPSA) is 68.5 Å². The summed E-state index contributed by atoms with van der Waals surface area (Å²) in [7, 11) is 0. The molecule has 0 saturated carbocycles. The number of carboxylic acid groups (broad SMARTS) is 1. The molecular weight excluding hydrogens is 390 g/mol. The van der Waals surface area contributed by atoms with Gasteiger partial charge in [0.25, 0.3) is 0 Å². The first-order valence-corrected chi connectivity index (χ1v) is 10.3. The molecule has 160 valence electrons. The van der Waals surface area contributed by atoms with Crippen LogP contribution in [0.1, 0.15) is 46.1 Å². The van der Waals surface area contributed by atoms with E-state index in [1.807, 2.05) is 90.5 Å². The lowest BCUT2D eigenvalue weighted by molar-refractivity contribution is -0.151. The van der Waals surface area contributed by atoms with Gasteiger partial charge in [-0.1, -0.05) is 73.2 Å². The summed E-state index contributed by atoms with van der Waals surface area (Å²) in [6, 6.07) is 19.1. The third kappa shape index (κ3) is 6.03. The van der Waals surface area contributed by atoms with Gasteiger partial charge in [0.1, 0.15) is 0 Å². The first kappa shape index (κ1) is 22.2. The number of hydrogen-bond acceptors (Lipinski definition) is 3. The standard InChI is InChI=1S/C26H27NO4/c1-3-24(26(29)30)31-18-21-12-10-20(11-13-21)6-4-16-27-17-5-7-23(27)25(28)22-14-8-19(2)9-15-22/h4-15,17,24H,3,16,18H2,1-2H3,(H,29,30)/b6-4+. The molecule has 0 spiro atoms. The van der Waals surface area contributed by atoms with Crippen LogP contribution in [-0.4, -0.2) is 27.5 Å². The number of carbonyl (C=O) groups excluding carboxylic acids is 1. The lowest BCUT2D eigenvalue weighted by Crippen LogP contribution is -2.22. The van der Waals surface area contributed by atoms with Crippen LogP contribution in [0.25, 0.3) is 6.08 Å². The van der Waals surface area contributed by atoms with E-state index in [0.717, 1.165) is 16.7 Å². The fraction of sp³-hybridized carbons (Fsp3) is 0.231. The zero-order chi connectivity index (χ0) is 22.2. The Labute approximate surface area is 182 Å². The van der Waals surface area contributed by atoms with Crippen molar-refractivity contribution >= 4 is 17.8 Å². The van der Waals surface area contributed by atoms with Gasteiger partial charge in [-0.15, -0.1) is 0 Å². The Bertz CT molecular complexity index is 1050. The maximum Gasteiger partial charge on any atom is 0.332 e. The smallest absolute Gasteiger partial charge is 0.332 e. The highest BCUT2D eigenvalue weighted by Crippen LogP contribution is 2.14. The second-order valence-electron chi connectivity index (χ2n) is 7.43. The van der Waals surface area contributed by atoms with E-state index >= 15 is 0 Å². The molecule has 0 aliphatic heterocycles. The Morgan fingerprint density at radius 1 is 1.06 bits per heavy atom. The van der Waals surface area contributed by atoms with E-state index < -0.39 is 12.1 Å². The van der Waals surface area contributed by atoms with Crippen LogP contribution >= 0.6 is 0 Å². The maximum absolute atomic E-state index is 12.8. The number of aromatic nitrogens is 1. The quantitative estimate of drug-likeness (QED) is 0.465. The molecule has 31 heavy (non-hydrogen) atoms. The second kappa shape index (κ2) is 10.5. The Morgan fingerprint density at radius 3 is 2.42 bits per heavy atom. The molecule has 3 rings (SSSR count). The van der Waals surface area contributed by atoms with E-state index in [0.29, 0.717) is 24.2 Å². The van der Waals surface area contributed by atoms with Crippen molar-refractivity contribution in [2.75, 3.05) is 0 Å². The fourth-order valence-corrected chi connectivity index (χ4v) is 3.22. The Morgan fingerprint density at radius 2 is 1.77 bits per heavy atom. The van der Waals surface area contributed by atoms with E-state index in [2.05, 4.69) is 0 Å². The van der Waals surface area contributed by atoms with Gasteiger partial charge >= 0.3 is 5.97 Å². The minimum atomic E-state index is -0.938. The Balaban J connectivity index is 1.59. The van der Waals surface area contributed by atoms with Crippen LogP contribution in [0.4, 0.5) is 0 Å². The minimum absolute atomic E-state index is 0.00879. The molecule has 0 aliphatic rings. The van der Waals surface area contributed by atoms with Crippen LogP contribution in [0.15, 0.2) is 72.9 Å². The molecule has 3 aromatic rings. The van der Waals surface area contributed by atoms with E-state index in [4.69, 9.17) is 9.84 Å². The predicted octanol–water partition coefficient (Wildman–Crippen LogP) is 5.12. The summed E-state index contributed by atoms with van der Waals surface area (Å²) in [5.74, 6) is -0.929. The van der Waals surface area contributed by atoms with Crippen molar-refractivity contribution in [2.24, 2.45) is 0 Å². The van der Waals surface area contributed by atoms with E-state index in [9.17, 15) is 9.59 Å². The van der Waals surface area contributed by atoms with Crippen LogP contribution in [0.3, 0.4) is 0 Å². The number of ketones is 1. The first-order chi connectivity index (χ1) is 15.0. The first-order valence-electron chi connectivity index (χ1n) is 10.3. The molecule has 0 fully saturated rings. The molecule has 1 aromatic heterocycles. The van der Waals surface area contributed by atoms with Crippen molar-refractivity contribution in [1.82, 2.24) is 4.57 Å². The largest absolute Gasteiger partial charge is 0.479 e. The number of ether oxygens (including phenoxy) is 1. The van der Waals surface area contributed by atoms with Gasteiger partial charge in [-0.3, -0.25) is 4.79 Å². The summed E-state index contributed by atoms with van der Waals surface area (Å²) in [5, 5.41) is 9.04. The molecule has 0 bridgehead atoms. The summed E-state index contributed by atoms with van der Waals surface area (Å²) < 4.78 is 7.36. The zero-order valence-electron chi connectivity index (χ0n) is 17.8. The second-order valence-corrected chi connectivity index (χ2v) is 7.43. The van der Waals surface area contributed by atoms with E-state index in [1.54, 1.807) is 6.92 Å². The monoisotopic (exact) mass is 417 g/mol. The molecule has 5 heteroatoms. The third-order valence-electron chi connectivity index (χ3n) is 5.07. The predicted molar refractivity (Wildman–Crippen MR) is 121 cm³/mol. The maximum atomic E-state index is 12.8. The van der Waals surface area contributed by atoms with Crippen LogP contribution in [-0.2, 0) is 22.7 Å². The number of aryl methyl sites for hydroxylation is 1. The third-order valence-corrected chi connectivity index (χ3v) is 5.07. The molecule has 1 unspecified atom stereocenters. The molecule has 0 radical (unpaired) electrons. The van der Waals surface area contributed by atoms with Gasteiger partial charge in [0, 0.05) is 18.3 Å². The number of hydrogen-bond donors (Lipinski definition) is 1. The molecule has 1 N–H and O–H groups in total. The number of allylic oxidation sites excluding steroid dienone is 1. The molecule has 0 saturated heterocycles. The van der Waals surface area contributed by atoms with Gasteiger partial charge in [0.2, 0.25) is 5.78 Å². The van der Waals surface area contributed by atoms with Crippen molar-refractivity contribution < 1.29 is 19.4 Å². The van der Waals surface area contributed by atoms with Crippen LogP contribution < -0.4 is 0 Å². The zero-order valence-corrected chi connectivity index (χ0v) is 17.8. The molecule has 1 atom stereocenters. The molecular formula is C26H27NO4. The van der Waals surface area contributed by atoms with Crippen molar-refractivity contribution in [3.63, 3.8) is 0 Å². The van der Waals surface area contributed by atoms with E-state index in [1.165, 1.54) is 0 Å². The number of aliphatic carboxylic acids is 1. The summed E-state index contributed by atoms with van der Waals surface area (Å²) >= 11 is 0. The van der Waals surface area contributed by atoms with Crippen LogP contribution in [0.5, 0.6) is 0 Å². The highest BCUT2D eigenvalue weighted by molar-refractivity contribution is 6.08. The van der Waals surface area contributed by atoms with Gasteiger partial charge in [-0.25, -0.2) is 4.79 Å². The van der Waals surface area contributed by atoms with Gasteiger partial charge in [-0.05, 0) is 36.6 Å². The van der Waals surface area contributed by atoms with Crippen molar-refractivity contribution in [1.29, 1.82) is 0 Å². The Hall–Kier alpha value is -3.44. The van der Waals surface area contributed by atoms with Gasteiger partial charge in [0.05, 0.1) is 12.3 Å². The highest BCUT2D eigenvalue weighted by Gasteiger charge is 2.15. The van der Waals surface area contributed by atoms with Gasteiger partial charge < -0.3 is 14.4 Å². The summed E-state index contributed by atoms with van der Waals surface area (Å²) in [5.41, 5.74) is 4.41. The highest BCUT2D eigenvalue weighted by atomic mass is 16.5. The lowest BCUT2D eigenvalue weighted by Gasteiger charge is -2.11. The summed E-state index contributed by atoms with van der Waals surface area (Å²) in [4.78, 5) is 23.8. The fourth-order valence-electron chi connectivity index (χ4n) is 3.22. The number of rotatable bonds is 10.